The second-order valence-electron chi connectivity index (χ2n) is 3.26. The SMILES string of the molecule is O=C1NNCC1Cc1ccccc1. The van der Waals surface area contributed by atoms with Gasteiger partial charge < -0.3 is 0 Å². The van der Waals surface area contributed by atoms with E-state index in [1.54, 1.807) is 0 Å². The molecule has 1 aliphatic rings. The summed E-state index contributed by atoms with van der Waals surface area (Å²) >= 11 is 0. The van der Waals surface area contributed by atoms with Crippen LogP contribution in [0.15, 0.2) is 30.3 Å². The lowest BCUT2D eigenvalue weighted by molar-refractivity contribution is -0.122. The first-order valence-electron chi connectivity index (χ1n) is 4.43. The van der Waals surface area contributed by atoms with Crippen molar-refractivity contribution in [2.45, 2.75) is 6.42 Å². The van der Waals surface area contributed by atoms with E-state index < -0.39 is 0 Å². The smallest absolute Gasteiger partial charge is 0.238 e. The lowest BCUT2D eigenvalue weighted by Crippen LogP contribution is -2.26. The van der Waals surface area contributed by atoms with Crippen LogP contribution in [0.3, 0.4) is 0 Å². The van der Waals surface area contributed by atoms with Crippen LogP contribution in [0.5, 0.6) is 0 Å². The molecule has 1 aromatic carbocycles. The number of hydrogen-bond acceptors (Lipinski definition) is 2. The molecule has 13 heavy (non-hydrogen) atoms. The van der Waals surface area contributed by atoms with Crippen molar-refractivity contribution in [1.82, 2.24) is 10.9 Å². The van der Waals surface area contributed by atoms with Crippen LogP contribution in [0.1, 0.15) is 5.56 Å². The molecule has 1 unspecified atom stereocenters. The summed E-state index contributed by atoms with van der Waals surface area (Å²) < 4.78 is 0. The van der Waals surface area contributed by atoms with Crippen LogP contribution in [0.4, 0.5) is 0 Å². The van der Waals surface area contributed by atoms with Gasteiger partial charge in [0.05, 0.1) is 5.92 Å². The van der Waals surface area contributed by atoms with Gasteiger partial charge in [0.1, 0.15) is 0 Å². The van der Waals surface area contributed by atoms with E-state index in [0.29, 0.717) is 0 Å². The number of benzene rings is 1. The van der Waals surface area contributed by atoms with E-state index in [9.17, 15) is 4.79 Å². The Hall–Kier alpha value is -1.35. The summed E-state index contributed by atoms with van der Waals surface area (Å²) in [6.07, 6.45) is 0.819. The molecule has 2 N–H and O–H groups in total. The van der Waals surface area contributed by atoms with Gasteiger partial charge in [-0.05, 0) is 12.0 Å². The number of nitrogens with one attached hydrogen (secondary N) is 2. The average Bonchev–Trinajstić information content (AvgIpc) is 2.54. The summed E-state index contributed by atoms with van der Waals surface area (Å²) in [7, 11) is 0. The van der Waals surface area contributed by atoms with Crippen molar-refractivity contribution in [3.05, 3.63) is 35.9 Å². The average molecular weight is 176 g/mol. The summed E-state index contributed by atoms with van der Waals surface area (Å²) in [6, 6.07) is 10.1. The van der Waals surface area contributed by atoms with Gasteiger partial charge in [0.15, 0.2) is 0 Å². The zero-order valence-corrected chi connectivity index (χ0v) is 7.29. The maximum atomic E-state index is 11.2. The van der Waals surface area contributed by atoms with Crippen LogP contribution in [0, 0.1) is 5.92 Å². The van der Waals surface area contributed by atoms with E-state index in [0.717, 1.165) is 13.0 Å². The maximum absolute atomic E-state index is 11.2. The summed E-state index contributed by atoms with van der Waals surface area (Å²) in [6.45, 7) is 0.730. The Morgan fingerprint density at radius 1 is 1.31 bits per heavy atom. The van der Waals surface area contributed by atoms with Gasteiger partial charge in [-0.1, -0.05) is 30.3 Å². The Bertz CT molecular complexity index is 297. The van der Waals surface area contributed by atoms with Gasteiger partial charge in [0.2, 0.25) is 5.91 Å². The van der Waals surface area contributed by atoms with Crippen LogP contribution < -0.4 is 10.9 Å². The van der Waals surface area contributed by atoms with E-state index in [1.165, 1.54) is 5.56 Å². The number of rotatable bonds is 2. The predicted molar refractivity (Wildman–Crippen MR) is 49.8 cm³/mol. The fourth-order valence-electron chi connectivity index (χ4n) is 1.52. The zero-order valence-electron chi connectivity index (χ0n) is 7.29. The number of carbonyl (C=O) groups is 1. The molecule has 1 aromatic rings. The standard InChI is InChI=1S/C10H12N2O/c13-10-9(7-11-12-10)6-8-4-2-1-3-5-8/h1-5,9,11H,6-7H2,(H,12,13). The molecule has 1 fully saturated rings. The van der Waals surface area contributed by atoms with E-state index in [-0.39, 0.29) is 11.8 Å². The minimum absolute atomic E-state index is 0.0856. The van der Waals surface area contributed by atoms with Gasteiger partial charge in [-0.15, -0.1) is 0 Å². The molecule has 0 aliphatic carbocycles. The van der Waals surface area contributed by atoms with Crippen LogP contribution in [0.25, 0.3) is 0 Å². The highest BCUT2D eigenvalue weighted by Gasteiger charge is 2.23. The van der Waals surface area contributed by atoms with Crippen molar-refractivity contribution in [2.75, 3.05) is 6.54 Å². The molecule has 0 radical (unpaired) electrons. The van der Waals surface area contributed by atoms with E-state index in [2.05, 4.69) is 10.9 Å². The third-order valence-electron chi connectivity index (χ3n) is 2.26. The predicted octanol–water partition coefficient (Wildman–Crippen LogP) is 0.480. The van der Waals surface area contributed by atoms with Crippen molar-refractivity contribution in [3.8, 4) is 0 Å². The topological polar surface area (TPSA) is 41.1 Å². The number of hydrogen-bond donors (Lipinski definition) is 2. The third-order valence-corrected chi connectivity index (χ3v) is 2.26. The van der Waals surface area contributed by atoms with Crippen LogP contribution >= 0.6 is 0 Å². The number of hydrazine groups is 1. The summed E-state index contributed by atoms with van der Waals surface area (Å²) in [5.74, 6) is 0.186. The fourth-order valence-corrected chi connectivity index (χ4v) is 1.52. The molecule has 1 heterocycles. The highest BCUT2D eigenvalue weighted by molar-refractivity contribution is 5.80. The number of amides is 1. The Morgan fingerprint density at radius 2 is 2.08 bits per heavy atom. The minimum atomic E-state index is 0.0856. The van der Waals surface area contributed by atoms with Gasteiger partial charge >= 0.3 is 0 Å². The van der Waals surface area contributed by atoms with E-state index in [1.807, 2.05) is 30.3 Å². The first-order chi connectivity index (χ1) is 6.36. The Labute approximate surface area is 77.1 Å². The zero-order chi connectivity index (χ0) is 9.10. The van der Waals surface area contributed by atoms with E-state index in [4.69, 9.17) is 0 Å². The molecule has 68 valence electrons. The Balaban J connectivity index is 2.02. The first-order valence-corrected chi connectivity index (χ1v) is 4.43. The molecular weight excluding hydrogens is 164 g/mol. The molecule has 0 aromatic heterocycles. The number of carbonyl (C=O) groups excluding carboxylic acids is 1. The molecule has 0 saturated carbocycles. The summed E-state index contributed by atoms with van der Waals surface area (Å²) in [5.41, 5.74) is 6.66. The Kier molecular flexibility index (Phi) is 2.27. The van der Waals surface area contributed by atoms with Gasteiger partial charge in [-0.25, -0.2) is 5.43 Å². The molecule has 3 nitrogen and oxygen atoms in total. The van der Waals surface area contributed by atoms with E-state index >= 15 is 0 Å². The third kappa shape index (κ3) is 1.87. The highest BCUT2D eigenvalue weighted by Crippen LogP contribution is 2.10. The Morgan fingerprint density at radius 3 is 2.69 bits per heavy atom. The van der Waals surface area contributed by atoms with Crippen LogP contribution in [0.2, 0.25) is 0 Å². The maximum Gasteiger partial charge on any atom is 0.238 e. The molecule has 1 amide bonds. The van der Waals surface area contributed by atoms with Crippen molar-refractivity contribution >= 4 is 5.91 Å². The lowest BCUT2D eigenvalue weighted by atomic mass is 10.00. The van der Waals surface area contributed by atoms with Gasteiger partial charge in [0.25, 0.3) is 0 Å². The summed E-state index contributed by atoms with van der Waals surface area (Å²) in [4.78, 5) is 11.2. The molecule has 3 heteroatoms. The van der Waals surface area contributed by atoms with Crippen molar-refractivity contribution in [3.63, 3.8) is 0 Å². The molecule has 0 bridgehead atoms. The normalized spacial score (nSPS) is 21.5. The fraction of sp³-hybridized carbons (Fsp3) is 0.300. The summed E-state index contributed by atoms with van der Waals surface area (Å²) in [5, 5.41) is 0. The van der Waals surface area contributed by atoms with Gasteiger partial charge in [-0.3, -0.25) is 10.2 Å². The highest BCUT2D eigenvalue weighted by atomic mass is 16.2. The van der Waals surface area contributed by atoms with Gasteiger partial charge in [0, 0.05) is 6.54 Å². The van der Waals surface area contributed by atoms with Crippen LogP contribution in [-0.2, 0) is 11.2 Å². The van der Waals surface area contributed by atoms with Crippen molar-refractivity contribution in [2.24, 2.45) is 5.92 Å². The minimum Gasteiger partial charge on any atom is -0.291 e. The van der Waals surface area contributed by atoms with Crippen LogP contribution in [-0.4, -0.2) is 12.5 Å². The molecule has 2 rings (SSSR count). The largest absolute Gasteiger partial charge is 0.291 e. The molecule has 0 spiro atoms. The van der Waals surface area contributed by atoms with Crippen molar-refractivity contribution in [1.29, 1.82) is 0 Å². The first kappa shape index (κ1) is 8.26. The quantitative estimate of drug-likeness (QED) is 0.688. The second-order valence-corrected chi connectivity index (χ2v) is 3.26. The molecular formula is C10H12N2O. The van der Waals surface area contributed by atoms with Gasteiger partial charge in [-0.2, -0.15) is 0 Å². The molecule has 1 aliphatic heterocycles. The lowest BCUT2D eigenvalue weighted by Gasteiger charge is -2.04. The molecule has 1 saturated heterocycles. The van der Waals surface area contributed by atoms with Crippen molar-refractivity contribution < 1.29 is 4.79 Å². The monoisotopic (exact) mass is 176 g/mol. The second kappa shape index (κ2) is 3.58. The molecule has 1 atom stereocenters.